The molecule has 1 atom stereocenters. The number of carboxylic acid groups (broad SMARTS) is 1. The summed E-state index contributed by atoms with van der Waals surface area (Å²) in [4.78, 5) is 24.7. The van der Waals surface area contributed by atoms with Gasteiger partial charge in [-0.1, -0.05) is 0 Å². The van der Waals surface area contributed by atoms with Crippen molar-refractivity contribution in [3.63, 3.8) is 0 Å². The van der Waals surface area contributed by atoms with Crippen LogP contribution >= 0.6 is 0 Å². The highest BCUT2D eigenvalue weighted by Gasteiger charge is 2.24. The second kappa shape index (κ2) is 8.41. The number of carbonyl (C=O) groups excluding carboxylic acids is 1. The summed E-state index contributed by atoms with van der Waals surface area (Å²) in [7, 11) is 1.59. The van der Waals surface area contributed by atoms with Gasteiger partial charge in [0.2, 0.25) is 0 Å². The molecule has 1 unspecified atom stereocenters. The number of hydrogen-bond acceptors (Lipinski definition) is 4. The van der Waals surface area contributed by atoms with Crippen LogP contribution < -0.4 is 9.47 Å². The molecule has 1 aromatic carbocycles. The van der Waals surface area contributed by atoms with Gasteiger partial charge in [-0.2, -0.15) is 0 Å². The van der Waals surface area contributed by atoms with Crippen LogP contribution in [0.25, 0.3) is 0 Å². The van der Waals surface area contributed by atoms with Crippen molar-refractivity contribution >= 4 is 11.9 Å². The molecule has 1 aliphatic heterocycles. The molecule has 23 heavy (non-hydrogen) atoms. The highest BCUT2D eigenvalue weighted by atomic mass is 16.5. The number of carboxylic acids is 1. The first-order valence-corrected chi connectivity index (χ1v) is 7.85. The number of likely N-dealkylation sites (tertiary alicyclic amines) is 1. The Morgan fingerprint density at radius 3 is 2.61 bits per heavy atom. The van der Waals surface area contributed by atoms with Gasteiger partial charge in [-0.25, -0.2) is 0 Å². The third-order valence-corrected chi connectivity index (χ3v) is 4.06. The molecule has 1 N–H and O–H groups in total. The van der Waals surface area contributed by atoms with Crippen LogP contribution in [0.15, 0.2) is 24.3 Å². The maximum atomic E-state index is 12.2. The lowest BCUT2D eigenvalue weighted by molar-refractivity contribution is -0.137. The molecule has 126 valence electrons. The molecule has 1 saturated heterocycles. The van der Waals surface area contributed by atoms with Gasteiger partial charge in [0.05, 0.1) is 7.11 Å². The van der Waals surface area contributed by atoms with Gasteiger partial charge in [0.1, 0.15) is 11.5 Å². The zero-order valence-corrected chi connectivity index (χ0v) is 13.4. The minimum Gasteiger partial charge on any atom is -0.497 e. The van der Waals surface area contributed by atoms with Gasteiger partial charge in [0.25, 0.3) is 5.91 Å². The van der Waals surface area contributed by atoms with Crippen LogP contribution in [0, 0.1) is 5.92 Å². The number of piperidine rings is 1. The first kappa shape index (κ1) is 17.1. The van der Waals surface area contributed by atoms with E-state index >= 15 is 0 Å². The van der Waals surface area contributed by atoms with Crippen LogP contribution in [-0.2, 0) is 9.59 Å². The fraction of sp³-hybridized carbons (Fsp3) is 0.529. The molecular weight excluding hydrogens is 298 g/mol. The number of benzene rings is 1. The topological polar surface area (TPSA) is 76.1 Å². The maximum absolute atomic E-state index is 12.2. The largest absolute Gasteiger partial charge is 0.497 e. The lowest BCUT2D eigenvalue weighted by atomic mass is 9.93. The third kappa shape index (κ3) is 5.47. The fourth-order valence-electron chi connectivity index (χ4n) is 2.76. The first-order valence-electron chi connectivity index (χ1n) is 7.85. The molecule has 0 aromatic heterocycles. The van der Waals surface area contributed by atoms with Crippen molar-refractivity contribution in [2.45, 2.75) is 25.7 Å². The van der Waals surface area contributed by atoms with Crippen LogP contribution in [0.4, 0.5) is 0 Å². The molecular formula is C17H23NO5. The Hall–Kier alpha value is -2.24. The SMILES string of the molecule is COc1ccc(OCC(=O)N2CCCC(CCC(=O)O)C2)cc1. The average Bonchev–Trinajstić information content (AvgIpc) is 2.58. The smallest absolute Gasteiger partial charge is 0.303 e. The Kier molecular flexibility index (Phi) is 6.26. The lowest BCUT2D eigenvalue weighted by Crippen LogP contribution is -2.42. The maximum Gasteiger partial charge on any atom is 0.303 e. The van der Waals surface area contributed by atoms with E-state index in [9.17, 15) is 9.59 Å². The second-order valence-electron chi connectivity index (χ2n) is 5.74. The second-order valence-corrected chi connectivity index (χ2v) is 5.74. The van der Waals surface area contributed by atoms with Crippen LogP contribution in [0.3, 0.4) is 0 Å². The summed E-state index contributed by atoms with van der Waals surface area (Å²) < 4.78 is 10.6. The summed E-state index contributed by atoms with van der Waals surface area (Å²) in [5, 5.41) is 8.76. The van der Waals surface area contributed by atoms with Gasteiger partial charge in [0, 0.05) is 19.5 Å². The zero-order valence-electron chi connectivity index (χ0n) is 13.4. The van der Waals surface area contributed by atoms with Crippen molar-refractivity contribution in [1.82, 2.24) is 4.90 Å². The minimum atomic E-state index is -0.781. The number of aliphatic carboxylic acids is 1. The quantitative estimate of drug-likeness (QED) is 0.833. The van der Waals surface area contributed by atoms with Gasteiger partial charge in [-0.05, 0) is 49.4 Å². The summed E-state index contributed by atoms with van der Waals surface area (Å²) in [5.74, 6) is 0.793. The number of amides is 1. The van der Waals surface area contributed by atoms with Crippen LogP contribution in [0.1, 0.15) is 25.7 Å². The molecule has 1 amide bonds. The highest BCUT2D eigenvalue weighted by Crippen LogP contribution is 2.21. The van der Waals surface area contributed by atoms with E-state index in [1.807, 2.05) is 0 Å². The molecule has 6 heteroatoms. The van der Waals surface area contributed by atoms with Crippen LogP contribution in [0.2, 0.25) is 0 Å². The van der Waals surface area contributed by atoms with E-state index in [0.717, 1.165) is 18.6 Å². The number of ether oxygens (including phenoxy) is 2. The zero-order chi connectivity index (χ0) is 16.7. The Morgan fingerprint density at radius 2 is 1.96 bits per heavy atom. The van der Waals surface area contributed by atoms with E-state index in [1.165, 1.54) is 0 Å². The fourth-order valence-corrected chi connectivity index (χ4v) is 2.76. The van der Waals surface area contributed by atoms with Gasteiger partial charge in [0.15, 0.2) is 6.61 Å². The molecule has 2 rings (SSSR count). The summed E-state index contributed by atoms with van der Waals surface area (Å²) in [6.45, 7) is 1.34. The van der Waals surface area contributed by atoms with Crippen molar-refractivity contribution in [2.75, 3.05) is 26.8 Å². The van der Waals surface area contributed by atoms with E-state index in [4.69, 9.17) is 14.6 Å². The van der Waals surface area contributed by atoms with E-state index < -0.39 is 5.97 Å². The van der Waals surface area contributed by atoms with Gasteiger partial charge >= 0.3 is 5.97 Å². The van der Waals surface area contributed by atoms with Crippen molar-refractivity contribution in [3.8, 4) is 11.5 Å². The molecule has 1 fully saturated rings. The Balaban J connectivity index is 1.78. The third-order valence-electron chi connectivity index (χ3n) is 4.06. The van der Waals surface area contributed by atoms with E-state index in [1.54, 1.807) is 36.3 Å². The molecule has 0 spiro atoms. The van der Waals surface area contributed by atoms with Crippen molar-refractivity contribution in [3.05, 3.63) is 24.3 Å². The molecule has 0 saturated carbocycles. The lowest BCUT2D eigenvalue weighted by Gasteiger charge is -2.32. The summed E-state index contributed by atoms with van der Waals surface area (Å²) >= 11 is 0. The summed E-state index contributed by atoms with van der Waals surface area (Å²) in [6, 6.07) is 7.08. The Bertz CT molecular complexity index is 528. The first-order chi connectivity index (χ1) is 11.1. The van der Waals surface area contributed by atoms with Crippen molar-refractivity contribution < 1.29 is 24.2 Å². The molecule has 0 bridgehead atoms. The molecule has 1 heterocycles. The molecule has 1 aliphatic rings. The molecule has 0 radical (unpaired) electrons. The number of nitrogens with zero attached hydrogens (tertiary/aromatic N) is 1. The number of carbonyl (C=O) groups is 2. The van der Waals surface area contributed by atoms with E-state index in [0.29, 0.717) is 25.3 Å². The van der Waals surface area contributed by atoms with Gasteiger partial charge in [-0.15, -0.1) is 0 Å². The van der Waals surface area contributed by atoms with Crippen molar-refractivity contribution in [2.24, 2.45) is 5.92 Å². The normalized spacial score (nSPS) is 17.6. The van der Waals surface area contributed by atoms with Gasteiger partial charge in [-0.3, -0.25) is 9.59 Å². The van der Waals surface area contributed by atoms with Crippen molar-refractivity contribution in [1.29, 1.82) is 0 Å². The molecule has 0 aliphatic carbocycles. The number of methoxy groups -OCH3 is 1. The van der Waals surface area contributed by atoms with Gasteiger partial charge < -0.3 is 19.5 Å². The summed E-state index contributed by atoms with van der Waals surface area (Å²) in [6.07, 6.45) is 2.68. The summed E-state index contributed by atoms with van der Waals surface area (Å²) in [5.41, 5.74) is 0. The number of hydrogen-bond donors (Lipinski definition) is 1. The highest BCUT2D eigenvalue weighted by molar-refractivity contribution is 5.77. The van der Waals surface area contributed by atoms with Crippen LogP contribution in [0.5, 0.6) is 11.5 Å². The predicted molar refractivity (Wildman–Crippen MR) is 84.7 cm³/mol. The van der Waals surface area contributed by atoms with E-state index in [-0.39, 0.29) is 24.9 Å². The van der Waals surface area contributed by atoms with E-state index in [2.05, 4.69) is 0 Å². The molecule has 1 aromatic rings. The Morgan fingerprint density at radius 1 is 1.26 bits per heavy atom. The standard InChI is InChI=1S/C17H23NO5/c1-22-14-5-7-15(8-6-14)23-12-16(19)18-10-2-3-13(11-18)4-9-17(20)21/h5-8,13H,2-4,9-12H2,1H3,(H,20,21). The Labute approximate surface area is 136 Å². The monoisotopic (exact) mass is 321 g/mol. The van der Waals surface area contributed by atoms with Crippen LogP contribution in [-0.4, -0.2) is 48.7 Å². The predicted octanol–water partition coefficient (Wildman–Crippen LogP) is 2.18. The minimum absolute atomic E-state index is 0.00200. The number of rotatable bonds is 7. The molecule has 6 nitrogen and oxygen atoms in total. The average molecular weight is 321 g/mol.